The van der Waals surface area contributed by atoms with Gasteiger partial charge in [0.05, 0.1) is 12.9 Å². The van der Waals surface area contributed by atoms with Gasteiger partial charge in [-0.15, -0.1) is 0 Å². The second kappa shape index (κ2) is 7.27. The number of fused-ring (bicyclic) bond motifs is 1. The van der Waals surface area contributed by atoms with Crippen LogP contribution in [-0.2, 0) is 6.54 Å². The van der Waals surface area contributed by atoms with Crippen LogP contribution >= 0.6 is 11.6 Å². The number of H-pyrrole nitrogens is 1. The molecule has 0 bridgehead atoms. The van der Waals surface area contributed by atoms with Crippen molar-refractivity contribution in [1.82, 2.24) is 19.9 Å². The van der Waals surface area contributed by atoms with Gasteiger partial charge in [-0.2, -0.15) is 0 Å². The number of aromatic nitrogens is 4. The van der Waals surface area contributed by atoms with Gasteiger partial charge in [0.1, 0.15) is 17.6 Å². The van der Waals surface area contributed by atoms with Crippen molar-refractivity contribution in [3.63, 3.8) is 0 Å². The summed E-state index contributed by atoms with van der Waals surface area (Å²) in [5, 5.41) is 4.02. The topological polar surface area (TPSA) is 75.7 Å². The van der Waals surface area contributed by atoms with E-state index in [1.54, 1.807) is 6.33 Å². The van der Waals surface area contributed by atoms with Crippen molar-refractivity contribution >= 4 is 28.6 Å². The molecule has 1 saturated carbocycles. The van der Waals surface area contributed by atoms with Crippen LogP contribution in [0.5, 0.6) is 5.75 Å². The molecular weight excluding hydrogens is 338 g/mol. The summed E-state index contributed by atoms with van der Waals surface area (Å²) in [5.74, 6) is 2.26. The Morgan fingerprint density at radius 3 is 2.96 bits per heavy atom. The number of benzene rings is 1. The monoisotopic (exact) mass is 357 g/mol. The molecule has 6 nitrogen and oxygen atoms in total. The summed E-state index contributed by atoms with van der Waals surface area (Å²) in [6, 6.07) is 5.75. The molecule has 1 aliphatic carbocycles. The Bertz CT molecular complexity index is 860. The summed E-state index contributed by atoms with van der Waals surface area (Å²) in [6.07, 6.45) is 8.27. The normalized spacial score (nSPS) is 14.9. The molecule has 0 spiro atoms. The quantitative estimate of drug-likeness (QED) is 0.691. The highest BCUT2D eigenvalue weighted by Crippen LogP contribution is 2.28. The first-order valence-corrected chi connectivity index (χ1v) is 8.96. The van der Waals surface area contributed by atoms with Gasteiger partial charge in [-0.3, -0.25) is 0 Å². The fourth-order valence-electron chi connectivity index (χ4n) is 3.29. The van der Waals surface area contributed by atoms with Crippen LogP contribution in [0, 0.1) is 5.92 Å². The van der Waals surface area contributed by atoms with Crippen molar-refractivity contribution in [2.75, 3.05) is 11.9 Å². The van der Waals surface area contributed by atoms with Crippen molar-refractivity contribution in [2.24, 2.45) is 5.92 Å². The standard InChI is InChI=1S/C18H20ClN5O/c19-14-5-6-15(25-9-12-3-1-2-4-12)13(7-14)8-20-17-16-18(22-10-21-16)24-11-23-17/h5-7,10-12H,1-4,8-9H2,(H2,20,21,22,23,24). The zero-order chi connectivity index (χ0) is 17.1. The highest BCUT2D eigenvalue weighted by atomic mass is 35.5. The number of hydrogen-bond acceptors (Lipinski definition) is 5. The van der Waals surface area contributed by atoms with Crippen LogP contribution in [0.2, 0.25) is 5.02 Å². The SMILES string of the molecule is Clc1ccc(OCC2CCCC2)c(CNc2ncnc3nc[nH]c23)c1. The molecule has 7 heteroatoms. The Kier molecular flexibility index (Phi) is 4.70. The molecule has 0 unspecified atom stereocenters. The molecule has 1 aromatic carbocycles. The lowest BCUT2D eigenvalue weighted by Crippen LogP contribution is -2.10. The summed E-state index contributed by atoms with van der Waals surface area (Å²) in [4.78, 5) is 15.6. The van der Waals surface area contributed by atoms with E-state index in [9.17, 15) is 0 Å². The van der Waals surface area contributed by atoms with Crippen LogP contribution in [0.15, 0.2) is 30.9 Å². The molecule has 0 saturated heterocycles. The Morgan fingerprint density at radius 2 is 2.08 bits per heavy atom. The van der Waals surface area contributed by atoms with Crippen LogP contribution < -0.4 is 10.1 Å². The third kappa shape index (κ3) is 3.69. The van der Waals surface area contributed by atoms with Crippen LogP contribution in [-0.4, -0.2) is 26.5 Å². The minimum absolute atomic E-state index is 0.561. The van der Waals surface area contributed by atoms with E-state index >= 15 is 0 Å². The van der Waals surface area contributed by atoms with Crippen molar-refractivity contribution in [3.8, 4) is 5.75 Å². The number of ether oxygens (including phenoxy) is 1. The number of aromatic amines is 1. The molecular formula is C18H20ClN5O. The molecule has 2 heterocycles. The smallest absolute Gasteiger partial charge is 0.182 e. The molecule has 0 aliphatic heterocycles. The van der Waals surface area contributed by atoms with Crippen molar-refractivity contribution in [3.05, 3.63) is 41.4 Å². The van der Waals surface area contributed by atoms with Gasteiger partial charge in [0.15, 0.2) is 11.5 Å². The maximum absolute atomic E-state index is 6.18. The average molecular weight is 358 g/mol. The van der Waals surface area contributed by atoms with Crippen molar-refractivity contribution in [1.29, 1.82) is 0 Å². The van der Waals surface area contributed by atoms with Crippen LogP contribution in [0.1, 0.15) is 31.2 Å². The van der Waals surface area contributed by atoms with Gasteiger partial charge in [-0.05, 0) is 37.0 Å². The molecule has 0 radical (unpaired) electrons. The lowest BCUT2D eigenvalue weighted by Gasteiger charge is -2.15. The van der Waals surface area contributed by atoms with E-state index in [0.717, 1.165) is 23.4 Å². The number of halogens is 1. The van der Waals surface area contributed by atoms with Gasteiger partial charge < -0.3 is 15.0 Å². The molecule has 2 N–H and O–H groups in total. The lowest BCUT2D eigenvalue weighted by atomic mass is 10.1. The number of imidazole rings is 1. The molecule has 0 amide bonds. The van der Waals surface area contributed by atoms with Crippen LogP contribution in [0.4, 0.5) is 5.82 Å². The maximum Gasteiger partial charge on any atom is 0.182 e. The Hall–Kier alpha value is -2.34. The van der Waals surface area contributed by atoms with Gasteiger partial charge in [0, 0.05) is 17.1 Å². The predicted molar refractivity (Wildman–Crippen MR) is 97.9 cm³/mol. The van der Waals surface area contributed by atoms with E-state index in [-0.39, 0.29) is 0 Å². The summed E-state index contributed by atoms with van der Waals surface area (Å²) >= 11 is 6.18. The van der Waals surface area contributed by atoms with E-state index in [1.807, 2.05) is 18.2 Å². The van der Waals surface area contributed by atoms with E-state index in [1.165, 1.54) is 32.0 Å². The first kappa shape index (κ1) is 16.1. The second-order valence-electron chi connectivity index (χ2n) is 6.39. The number of nitrogens with zero attached hydrogens (tertiary/aromatic N) is 3. The predicted octanol–water partition coefficient (Wildman–Crippen LogP) is 4.19. The lowest BCUT2D eigenvalue weighted by molar-refractivity contribution is 0.250. The largest absolute Gasteiger partial charge is 0.493 e. The summed E-state index contributed by atoms with van der Waals surface area (Å²) in [7, 11) is 0. The van der Waals surface area contributed by atoms with E-state index in [0.29, 0.717) is 29.0 Å². The highest BCUT2D eigenvalue weighted by molar-refractivity contribution is 6.30. The minimum atomic E-state index is 0.561. The van der Waals surface area contributed by atoms with E-state index < -0.39 is 0 Å². The molecule has 0 atom stereocenters. The Labute approximate surface area is 151 Å². The third-order valence-electron chi connectivity index (χ3n) is 4.64. The molecule has 25 heavy (non-hydrogen) atoms. The summed E-state index contributed by atoms with van der Waals surface area (Å²) in [6.45, 7) is 1.33. The molecule has 4 rings (SSSR count). The number of nitrogens with one attached hydrogen (secondary N) is 2. The van der Waals surface area contributed by atoms with Crippen molar-refractivity contribution < 1.29 is 4.74 Å². The maximum atomic E-state index is 6.18. The van der Waals surface area contributed by atoms with Crippen LogP contribution in [0.3, 0.4) is 0 Å². The molecule has 1 fully saturated rings. The zero-order valence-electron chi connectivity index (χ0n) is 13.8. The molecule has 1 aliphatic rings. The summed E-state index contributed by atoms with van der Waals surface area (Å²) < 4.78 is 6.09. The fraction of sp³-hybridized carbons (Fsp3) is 0.389. The number of hydrogen-bond donors (Lipinski definition) is 2. The molecule has 130 valence electrons. The molecule has 2 aromatic heterocycles. The first-order chi connectivity index (χ1) is 12.3. The number of rotatable bonds is 6. The van der Waals surface area contributed by atoms with Crippen LogP contribution in [0.25, 0.3) is 11.2 Å². The highest BCUT2D eigenvalue weighted by Gasteiger charge is 2.16. The fourth-order valence-corrected chi connectivity index (χ4v) is 3.48. The third-order valence-corrected chi connectivity index (χ3v) is 4.88. The van der Waals surface area contributed by atoms with Gasteiger partial charge in [-0.25, -0.2) is 15.0 Å². The minimum Gasteiger partial charge on any atom is -0.493 e. The average Bonchev–Trinajstić information content (AvgIpc) is 3.30. The van der Waals surface area contributed by atoms with E-state index in [2.05, 4.69) is 25.3 Å². The number of anilines is 1. The second-order valence-corrected chi connectivity index (χ2v) is 6.83. The van der Waals surface area contributed by atoms with Gasteiger partial charge in [0.2, 0.25) is 0 Å². The summed E-state index contributed by atoms with van der Waals surface area (Å²) in [5.41, 5.74) is 2.44. The zero-order valence-corrected chi connectivity index (χ0v) is 14.6. The van der Waals surface area contributed by atoms with Gasteiger partial charge in [0.25, 0.3) is 0 Å². The van der Waals surface area contributed by atoms with Gasteiger partial charge >= 0.3 is 0 Å². The Balaban J connectivity index is 1.49. The van der Waals surface area contributed by atoms with E-state index in [4.69, 9.17) is 16.3 Å². The van der Waals surface area contributed by atoms with Gasteiger partial charge in [-0.1, -0.05) is 24.4 Å². The first-order valence-electron chi connectivity index (χ1n) is 8.59. The molecule has 3 aromatic rings. The Morgan fingerprint density at radius 1 is 1.20 bits per heavy atom. The van der Waals surface area contributed by atoms with Crippen molar-refractivity contribution in [2.45, 2.75) is 32.2 Å².